The average Bonchev–Trinajstić information content (AvgIpc) is 4.22. The number of phenols is 1. The van der Waals surface area contributed by atoms with Gasteiger partial charge in [-0.2, -0.15) is 0 Å². The minimum absolute atomic E-state index is 0.0126. The summed E-state index contributed by atoms with van der Waals surface area (Å²) in [7, 11) is 0. The largest absolute Gasteiger partial charge is 0.508 e. The molecule has 24 heteroatoms. The normalized spacial score (nSPS) is 22.8. The smallest absolute Gasteiger partial charge is 0.326 e. The van der Waals surface area contributed by atoms with Crippen LogP contribution in [0.5, 0.6) is 5.75 Å². The Balaban J connectivity index is 1.31. The lowest BCUT2D eigenvalue weighted by Crippen LogP contribution is -2.61. The third-order valence-electron chi connectivity index (χ3n) is 14.4. The molecular formula is C55H69N11O13. The average molecular weight is 1090 g/mol. The maximum absolute atomic E-state index is 15.2. The second-order valence-electron chi connectivity index (χ2n) is 20.4. The van der Waals surface area contributed by atoms with Crippen molar-refractivity contribution in [3.05, 3.63) is 102 Å². The van der Waals surface area contributed by atoms with E-state index in [1.54, 1.807) is 68.4 Å². The first-order valence-electron chi connectivity index (χ1n) is 26.5. The van der Waals surface area contributed by atoms with Gasteiger partial charge in [-0.05, 0) is 85.9 Å². The van der Waals surface area contributed by atoms with E-state index in [0.29, 0.717) is 41.3 Å². The number of aliphatic carboxylic acids is 1. The lowest BCUT2D eigenvalue weighted by Gasteiger charge is -2.30. The summed E-state index contributed by atoms with van der Waals surface area (Å²) >= 11 is 0. The first kappa shape index (κ1) is 58.3. The number of nitrogens with one attached hydrogen (secondary N) is 8. The molecule has 3 aromatic carbocycles. The lowest BCUT2D eigenvalue weighted by atomic mass is 10.0. The number of carboxylic acids is 1. The Morgan fingerprint density at radius 3 is 2.09 bits per heavy atom. The minimum Gasteiger partial charge on any atom is -0.508 e. The number of phenolic OH excluding ortho intramolecular Hbond substituents is 1. The van der Waals surface area contributed by atoms with Gasteiger partial charge in [0.2, 0.25) is 47.3 Å². The van der Waals surface area contributed by atoms with Crippen LogP contribution >= 0.6 is 0 Å². The molecule has 0 saturated carbocycles. The highest BCUT2D eigenvalue weighted by atomic mass is 16.4. The first-order chi connectivity index (χ1) is 37.8. The molecule has 3 aliphatic rings. The zero-order chi connectivity index (χ0) is 56.9. The summed E-state index contributed by atoms with van der Waals surface area (Å²) in [5, 5.41) is 52.5. The molecule has 13 N–H and O–H groups in total. The Morgan fingerprint density at radius 2 is 1.42 bits per heavy atom. The number of nitrogens with two attached hydrogens (primary N) is 1. The van der Waals surface area contributed by atoms with Crippen molar-refractivity contribution < 1.29 is 63.3 Å². The fourth-order valence-electron chi connectivity index (χ4n) is 10.1. The quantitative estimate of drug-likeness (QED) is 0.0535. The predicted molar refractivity (Wildman–Crippen MR) is 285 cm³/mol. The molecule has 2 fully saturated rings. The first-order valence-corrected chi connectivity index (χ1v) is 26.5. The Bertz CT molecular complexity index is 2900. The van der Waals surface area contributed by atoms with Crippen molar-refractivity contribution in [2.45, 2.75) is 133 Å². The Morgan fingerprint density at radius 1 is 0.734 bits per heavy atom. The van der Waals surface area contributed by atoms with Crippen LogP contribution in [0.4, 0.5) is 0 Å². The number of fused-ring (bicyclic) bond motifs is 5. The van der Waals surface area contributed by atoms with Gasteiger partial charge >= 0.3 is 5.97 Å². The summed E-state index contributed by atoms with van der Waals surface area (Å²) in [4.78, 5) is 142. The number of carbonyl (C=O) groups excluding carboxylic acids is 9. The summed E-state index contributed by atoms with van der Waals surface area (Å²) in [6, 6.07) is 10.1. The molecule has 0 unspecified atom stereocenters. The van der Waals surface area contributed by atoms with Crippen molar-refractivity contribution in [3.63, 3.8) is 0 Å². The molecule has 9 amide bonds. The highest BCUT2D eigenvalue weighted by Crippen LogP contribution is 2.27. The molecule has 24 nitrogen and oxygen atoms in total. The van der Waals surface area contributed by atoms with Crippen molar-refractivity contribution in [1.82, 2.24) is 52.0 Å². The van der Waals surface area contributed by atoms with Crippen molar-refractivity contribution in [3.8, 4) is 5.75 Å². The molecule has 0 radical (unpaired) electrons. The van der Waals surface area contributed by atoms with E-state index < -0.39 is 120 Å². The highest BCUT2D eigenvalue weighted by molar-refractivity contribution is 6.00. The second kappa shape index (κ2) is 26.8. The van der Waals surface area contributed by atoms with Crippen LogP contribution in [0.1, 0.15) is 81.6 Å². The van der Waals surface area contributed by atoms with Gasteiger partial charge in [0, 0.05) is 43.8 Å². The maximum Gasteiger partial charge on any atom is 0.326 e. The molecule has 0 spiro atoms. The van der Waals surface area contributed by atoms with Crippen molar-refractivity contribution in [2.24, 2.45) is 11.7 Å². The maximum atomic E-state index is 15.2. The molecule has 79 heavy (non-hydrogen) atoms. The number of rotatable bonds is 18. The number of likely N-dealkylation sites (tertiary alicyclic amines) is 1. The fraction of sp³-hybridized carbons (Fsp3) is 0.455. The molecule has 0 aliphatic carbocycles. The number of aliphatic hydroxyl groups excluding tert-OH is 1. The second-order valence-corrected chi connectivity index (χ2v) is 20.4. The van der Waals surface area contributed by atoms with Crippen LogP contribution in [0.2, 0.25) is 0 Å². The molecule has 4 aromatic rings. The molecular weight excluding hydrogens is 1020 g/mol. The van der Waals surface area contributed by atoms with Crippen LogP contribution in [0.3, 0.4) is 0 Å². The number of benzene rings is 3. The summed E-state index contributed by atoms with van der Waals surface area (Å²) in [5.41, 5.74) is 7.29. The highest BCUT2D eigenvalue weighted by Gasteiger charge is 2.42. The van der Waals surface area contributed by atoms with E-state index in [9.17, 15) is 53.7 Å². The van der Waals surface area contributed by atoms with Gasteiger partial charge in [0.25, 0.3) is 5.91 Å². The number of aromatic nitrogens is 1. The van der Waals surface area contributed by atoms with Gasteiger partial charge < -0.3 is 73.1 Å². The summed E-state index contributed by atoms with van der Waals surface area (Å²) in [6.45, 7) is 2.80. The molecule has 3 aliphatic heterocycles. The number of hydrogen-bond acceptors (Lipinski definition) is 13. The van der Waals surface area contributed by atoms with E-state index in [1.807, 2.05) is 0 Å². The minimum atomic E-state index is -1.77. The Hall–Kier alpha value is -8.38. The van der Waals surface area contributed by atoms with Crippen LogP contribution in [0.15, 0.2) is 85.1 Å². The van der Waals surface area contributed by atoms with Gasteiger partial charge in [0.15, 0.2) is 6.17 Å². The molecule has 2 saturated heterocycles. The molecule has 4 heterocycles. The predicted octanol–water partition coefficient (Wildman–Crippen LogP) is -0.957. The Labute approximate surface area is 455 Å². The summed E-state index contributed by atoms with van der Waals surface area (Å²) < 4.78 is 1.38. The van der Waals surface area contributed by atoms with E-state index in [0.717, 1.165) is 0 Å². The summed E-state index contributed by atoms with van der Waals surface area (Å²) in [6.07, 6.45) is 0.847. The third-order valence-corrected chi connectivity index (χ3v) is 14.4. The van der Waals surface area contributed by atoms with Gasteiger partial charge in [-0.3, -0.25) is 43.2 Å². The zero-order valence-corrected chi connectivity index (χ0v) is 43.9. The number of nitrogens with zero attached hydrogens (tertiary/aromatic N) is 2. The number of carbonyl (C=O) groups is 10. The number of amides is 9. The number of aromatic hydroxyl groups is 1. The molecule has 7 rings (SSSR count). The van der Waals surface area contributed by atoms with Crippen LogP contribution in [-0.2, 0) is 67.2 Å². The molecule has 2 bridgehead atoms. The van der Waals surface area contributed by atoms with Gasteiger partial charge in [-0.1, -0.05) is 74.5 Å². The van der Waals surface area contributed by atoms with E-state index in [2.05, 4.69) is 42.5 Å². The topological polar surface area (TPSA) is 362 Å². The van der Waals surface area contributed by atoms with E-state index >= 15 is 9.59 Å². The molecule has 1 aromatic heterocycles. The van der Waals surface area contributed by atoms with Gasteiger partial charge in [0.05, 0.1) is 12.1 Å². The molecule has 422 valence electrons. The van der Waals surface area contributed by atoms with Crippen molar-refractivity contribution >= 4 is 70.0 Å². The van der Waals surface area contributed by atoms with Crippen LogP contribution in [0.25, 0.3) is 10.9 Å². The third kappa shape index (κ3) is 14.8. The monoisotopic (exact) mass is 1090 g/mol. The zero-order valence-electron chi connectivity index (χ0n) is 43.9. The van der Waals surface area contributed by atoms with E-state index in [-0.39, 0.29) is 75.3 Å². The van der Waals surface area contributed by atoms with Crippen LogP contribution in [0, 0.1) is 5.92 Å². The van der Waals surface area contributed by atoms with Crippen LogP contribution in [-0.4, -0.2) is 152 Å². The van der Waals surface area contributed by atoms with Gasteiger partial charge in [-0.25, -0.2) is 4.79 Å². The SMILES string of the molecule is CC(C)[C@@H]1NC(=O)[C@H](NC(=O)[C@H](Cc2ccc(O)cc2)NC(=O)[C@@H]2CCCN2C(=O)[C@@H]2CCC(=O)N2)n2cc(c3ccccc32)C[C@@H](C(=O)N[C@@H](CCCCN)C(=O)O)NC(=O)[C@H](CO)NC(=O)[C@H](Cc2ccccc2)NC1=O. The fourth-order valence-corrected chi connectivity index (χ4v) is 10.1. The number of para-hydroxylation sites is 1. The van der Waals surface area contributed by atoms with Crippen molar-refractivity contribution in [2.75, 3.05) is 19.7 Å². The Kier molecular flexibility index (Phi) is 19.8. The van der Waals surface area contributed by atoms with Crippen LogP contribution < -0.4 is 48.3 Å². The number of aliphatic hydroxyl groups is 1. The van der Waals surface area contributed by atoms with Gasteiger partial charge in [0.1, 0.15) is 54.1 Å². The van der Waals surface area contributed by atoms with Gasteiger partial charge in [-0.15, -0.1) is 0 Å². The molecule has 9 atom stereocenters. The number of hydrogen-bond donors (Lipinski definition) is 12. The van der Waals surface area contributed by atoms with E-state index in [4.69, 9.17) is 5.73 Å². The number of unbranched alkanes of at least 4 members (excludes halogenated alkanes) is 1. The number of carboxylic acid groups (broad SMARTS) is 1. The van der Waals surface area contributed by atoms with Crippen molar-refractivity contribution in [1.29, 1.82) is 0 Å². The standard InChI is InChI=1S/C55H69N11O13/c1-30(2)45-52(75)61-38(25-31-11-4-3-5-12-31)47(70)62-41(29-67)50(73)59-40(48(71)58-37(55(78)79)14-8-9-23-56)27-33-28-66(42-15-7-6-13-35(33)42)46(53(76)63-45)64-49(72)39(26-32-17-19-34(68)20-18-32)60-51(74)43-16-10-24-65(43)54(77)36-21-22-44(69)57-36/h3-7,11-13,15,17-20,28,30,36-41,43,45-46,67-68H,8-10,14,16,21-27,29,56H2,1-2H3,(H,57,69)(H,58,71)(H,59,73)(H,60,74)(H,61,75)(H,62,70)(H,63,76)(H,64,72)(H,78,79)/t36-,37-,38-,39-,40-,41-,43-,45-,46+/m0/s1. The lowest BCUT2D eigenvalue weighted by molar-refractivity contribution is -0.142. The summed E-state index contributed by atoms with van der Waals surface area (Å²) in [5.74, 6) is -9.13. The van der Waals surface area contributed by atoms with E-state index in [1.165, 1.54) is 39.9 Å².